The van der Waals surface area contributed by atoms with Crippen LogP contribution in [0, 0.1) is 19.8 Å². The summed E-state index contributed by atoms with van der Waals surface area (Å²) in [6.45, 7) is 12.7. The predicted molar refractivity (Wildman–Crippen MR) is 87.9 cm³/mol. The first-order valence-electron chi connectivity index (χ1n) is 7.50. The summed E-state index contributed by atoms with van der Waals surface area (Å²) in [6.07, 6.45) is 1.84. The molecule has 0 bridgehead atoms. The SMILES string of the molecule is CCNC(=NCc1ncc(C)c(OC)c1C)NCC(C)C. The number of hydrogen-bond acceptors (Lipinski definition) is 3. The molecule has 0 saturated heterocycles. The summed E-state index contributed by atoms with van der Waals surface area (Å²) in [6, 6.07) is 0. The number of methoxy groups -OCH3 is 1. The molecule has 21 heavy (non-hydrogen) atoms. The molecule has 0 aliphatic rings. The number of pyridine rings is 1. The molecule has 1 aromatic heterocycles. The molecular weight excluding hydrogens is 264 g/mol. The molecule has 0 unspecified atom stereocenters. The smallest absolute Gasteiger partial charge is 0.191 e. The normalized spacial score (nSPS) is 11.7. The van der Waals surface area contributed by atoms with Crippen molar-refractivity contribution >= 4 is 5.96 Å². The third-order valence-electron chi connectivity index (χ3n) is 3.16. The summed E-state index contributed by atoms with van der Waals surface area (Å²) in [7, 11) is 1.69. The number of rotatable bonds is 6. The van der Waals surface area contributed by atoms with Crippen molar-refractivity contribution < 1.29 is 4.74 Å². The van der Waals surface area contributed by atoms with E-state index < -0.39 is 0 Å². The average Bonchev–Trinajstić information content (AvgIpc) is 2.44. The zero-order valence-electron chi connectivity index (χ0n) is 14.1. The molecule has 5 nitrogen and oxygen atoms in total. The Labute approximate surface area is 128 Å². The van der Waals surface area contributed by atoms with Crippen molar-refractivity contribution in [2.45, 2.75) is 41.2 Å². The Kier molecular flexibility index (Phi) is 6.99. The first kappa shape index (κ1) is 17.3. The minimum atomic E-state index is 0.538. The lowest BCUT2D eigenvalue weighted by Crippen LogP contribution is -2.39. The highest BCUT2D eigenvalue weighted by Gasteiger charge is 2.09. The minimum Gasteiger partial charge on any atom is -0.496 e. The zero-order valence-corrected chi connectivity index (χ0v) is 14.1. The molecule has 0 atom stereocenters. The lowest BCUT2D eigenvalue weighted by molar-refractivity contribution is 0.407. The molecule has 1 rings (SSSR count). The van der Waals surface area contributed by atoms with E-state index in [0.29, 0.717) is 12.5 Å². The van der Waals surface area contributed by atoms with Crippen LogP contribution in [0.25, 0.3) is 0 Å². The summed E-state index contributed by atoms with van der Waals surface area (Å²) in [4.78, 5) is 9.07. The van der Waals surface area contributed by atoms with Gasteiger partial charge in [0.25, 0.3) is 0 Å². The first-order chi connectivity index (χ1) is 9.99. The van der Waals surface area contributed by atoms with Crippen LogP contribution >= 0.6 is 0 Å². The van der Waals surface area contributed by atoms with Gasteiger partial charge >= 0.3 is 0 Å². The van der Waals surface area contributed by atoms with E-state index in [1.54, 1.807) is 7.11 Å². The highest BCUT2D eigenvalue weighted by molar-refractivity contribution is 5.79. The molecule has 2 N–H and O–H groups in total. The maximum absolute atomic E-state index is 5.43. The lowest BCUT2D eigenvalue weighted by Gasteiger charge is -2.14. The van der Waals surface area contributed by atoms with E-state index in [1.807, 2.05) is 20.0 Å². The van der Waals surface area contributed by atoms with Gasteiger partial charge in [-0.15, -0.1) is 0 Å². The van der Waals surface area contributed by atoms with Gasteiger partial charge in [0.05, 0.1) is 19.3 Å². The van der Waals surface area contributed by atoms with Crippen LogP contribution in [0.5, 0.6) is 5.75 Å². The molecule has 0 spiro atoms. The Hall–Kier alpha value is -1.78. The van der Waals surface area contributed by atoms with Crippen molar-refractivity contribution in [3.8, 4) is 5.75 Å². The maximum Gasteiger partial charge on any atom is 0.191 e. The fourth-order valence-corrected chi connectivity index (χ4v) is 2.03. The van der Waals surface area contributed by atoms with Gasteiger partial charge in [-0.2, -0.15) is 0 Å². The highest BCUT2D eigenvalue weighted by atomic mass is 16.5. The quantitative estimate of drug-likeness (QED) is 0.624. The number of guanidine groups is 1. The Morgan fingerprint density at radius 3 is 2.62 bits per heavy atom. The number of nitrogens with one attached hydrogen (secondary N) is 2. The van der Waals surface area contributed by atoms with Gasteiger partial charge in [-0.25, -0.2) is 4.99 Å². The van der Waals surface area contributed by atoms with Crippen LogP contribution in [0.1, 0.15) is 37.6 Å². The van der Waals surface area contributed by atoms with Gasteiger partial charge in [0.1, 0.15) is 5.75 Å². The van der Waals surface area contributed by atoms with Gasteiger partial charge in [-0.1, -0.05) is 13.8 Å². The van der Waals surface area contributed by atoms with Crippen molar-refractivity contribution in [3.05, 3.63) is 23.0 Å². The third kappa shape index (κ3) is 5.25. The van der Waals surface area contributed by atoms with Crippen LogP contribution in [-0.4, -0.2) is 31.1 Å². The molecule has 0 aromatic carbocycles. The molecule has 0 fully saturated rings. The maximum atomic E-state index is 5.43. The summed E-state index contributed by atoms with van der Waals surface area (Å²) >= 11 is 0. The fourth-order valence-electron chi connectivity index (χ4n) is 2.03. The van der Waals surface area contributed by atoms with Gasteiger partial charge in [-0.05, 0) is 26.7 Å². The van der Waals surface area contributed by atoms with Crippen molar-refractivity contribution in [1.82, 2.24) is 15.6 Å². The summed E-state index contributed by atoms with van der Waals surface area (Å²) in [5, 5.41) is 6.58. The Balaban J connectivity index is 2.84. The van der Waals surface area contributed by atoms with Crippen molar-refractivity contribution in [1.29, 1.82) is 0 Å². The summed E-state index contributed by atoms with van der Waals surface area (Å²) in [5.74, 6) is 2.30. The molecule has 0 amide bonds. The molecule has 0 saturated carbocycles. The number of aryl methyl sites for hydroxylation is 1. The first-order valence-corrected chi connectivity index (χ1v) is 7.50. The monoisotopic (exact) mass is 292 g/mol. The van der Waals surface area contributed by atoms with E-state index >= 15 is 0 Å². The van der Waals surface area contributed by atoms with Crippen molar-refractivity contribution in [2.24, 2.45) is 10.9 Å². The van der Waals surface area contributed by atoms with Crippen LogP contribution in [-0.2, 0) is 6.54 Å². The van der Waals surface area contributed by atoms with Gasteiger partial charge in [0, 0.05) is 30.4 Å². The number of aromatic nitrogens is 1. The predicted octanol–water partition coefficient (Wildman–Crippen LogP) is 2.42. The number of aliphatic imine (C=N–C) groups is 1. The van der Waals surface area contributed by atoms with Gasteiger partial charge in [0.15, 0.2) is 5.96 Å². The lowest BCUT2D eigenvalue weighted by atomic mass is 10.1. The van der Waals surface area contributed by atoms with Crippen molar-refractivity contribution in [3.63, 3.8) is 0 Å². The van der Waals surface area contributed by atoms with E-state index in [0.717, 1.165) is 41.6 Å². The van der Waals surface area contributed by atoms with Crippen LogP contribution in [0.3, 0.4) is 0 Å². The fraction of sp³-hybridized carbons (Fsp3) is 0.625. The molecule has 0 aliphatic heterocycles. The molecule has 1 heterocycles. The largest absolute Gasteiger partial charge is 0.496 e. The summed E-state index contributed by atoms with van der Waals surface area (Å²) < 4.78 is 5.43. The second-order valence-corrected chi connectivity index (χ2v) is 5.52. The van der Waals surface area contributed by atoms with Gasteiger partial charge in [0.2, 0.25) is 0 Å². The van der Waals surface area contributed by atoms with E-state index in [4.69, 9.17) is 4.74 Å². The zero-order chi connectivity index (χ0) is 15.8. The Morgan fingerprint density at radius 1 is 1.33 bits per heavy atom. The van der Waals surface area contributed by atoms with E-state index in [-0.39, 0.29) is 0 Å². The number of nitrogens with zero attached hydrogens (tertiary/aromatic N) is 2. The van der Waals surface area contributed by atoms with Crippen LogP contribution < -0.4 is 15.4 Å². The third-order valence-corrected chi connectivity index (χ3v) is 3.16. The van der Waals surface area contributed by atoms with Gasteiger partial charge < -0.3 is 15.4 Å². The van der Waals surface area contributed by atoms with E-state index in [9.17, 15) is 0 Å². The molecule has 1 aromatic rings. The Morgan fingerprint density at radius 2 is 2.05 bits per heavy atom. The topological polar surface area (TPSA) is 58.5 Å². The highest BCUT2D eigenvalue weighted by Crippen LogP contribution is 2.24. The molecule has 0 aliphatic carbocycles. The average molecular weight is 292 g/mol. The van der Waals surface area contributed by atoms with Gasteiger partial charge in [-0.3, -0.25) is 4.98 Å². The van der Waals surface area contributed by atoms with Crippen LogP contribution in [0.4, 0.5) is 0 Å². The van der Waals surface area contributed by atoms with Crippen LogP contribution in [0.15, 0.2) is 11.2 Å². The summed E-state index contributed by atoms with van der Waals surface area (Å²) in [5.41, 5.74) is 3.05. The second-order valence-electron chi connectivity index (χ2n) is 5.52. The van der Waals surface area contributed by atoms with Crippen LogP contribution in [0.2, 0.25) is 0 Å². The number of hydrogen-bond donors (Lipinski definition) is 2. The molecule has 0 radical (unpaired) electrons. The van der Waals surface area contributed by atoms with E-state index in [2.05, 4.69) is 41.4 Å². The minimum absolute atomic E-state index is 0.538. The Bertz CT molecular complexity index is 483. The standard InChI is InChI=1S/C16H28N4O/c1-7-17-16(19-8-11(2)3)20-10-14-13(5)15(21-6)12(4)9-18-14/h9,11H,7-8,10H2,1-6H3,(H2,17,19,20). The second kappa shape index (κ2) is 8.49. The molecular formula is C16H28N4O. The molecule has 5 heteroatoms. The van der Waals surface area contributed by atoms with Crippen molar-refractivity contribution in [2.75, 3.05) is 20.2 Å². The van der Waals surface area contributed by atoms with E-state index in [1.165, 1.54) is 0 Å². The molecule has 118 valence electrons. The number of ether oxygens (including phenoxy) is 1.